The number of ether oxygens (including phenoxy) is 1. The van der Waals surface area contributed by atoms with Gasteiger partial charge in [0.2, 0.25) is 0 Å². The summed E-state index contributed by atoms with van der Waals surface area (Å²) >= 11 is 0. The Labute approximate surface area is 166 Å². The van der Waals surface area contributed by atoms with Crippen molar-refractivity contribution in [2.24, 2.45) is 0 Å². The molecule has 0 bridgehead atoms. The predicted molar refractivity (Wildman–Crippen MR) is 107 cm³/mol. The van der Waals surface area contributed by atoms with Crippen molar-refractivity contribution in [3.8, 4) is 0 Å². The van der Waals surface area contributed by atoms with Crippen LogP contribution < -0.4 is 5.46 Å². The first-order valence-corrected chi connectivity index (χ1v) is 9.92. The number of benzene rings is 1. The summed E-state index contributed by atoms with van der Waals surface area (Å²) in [7, 11) is -0.434. The van der Waals surface area contributed by atoms with Gasteiger partial charge in [0.25, 0.3) is 0 Å². The molecule has 0 radical (unpaired) electrons. The highest BCUT2D eigenvalue weighted by Crippen LogP contribution is 2.37. The average molecular weight is 384 g/mol. The monoisotopic (exact) mass is 384 g/mol. The molecule has 6 nitrogen and oxygen atoms in total. The zero-order valence-electron chi connectivity index (χ0n) is 17.1. The van der Waals surface area contributed by atoms with Crippen LogP contribution >= 0.6 is 0 Å². The molecule has 7 heteroatoms. The Hall–Kier alpha value is -1.67. The van der Waals surface area contributed by atoms with Crippen molar-refractivity contribution >= 4 is 12.6 Å². The third kappa shape index (κ3) is 3.89. The lowest BCUT2D eigenvalue weighted by Crippen LogP contribution is -2.51. The Morgan fingerprint density at radius 1 is 1.14 bits per heavy atom. The third-order valence-electron chi connectivity index (χ3n) is 6.18. The van der Waals surface area contributed by atoms with Gasteiger partial charge in [-0.2, -0.15) is 5.10 Å². The third-order valence-corrected chi connectivity index (χ3v) is 6.18. The summed E-state index contributed by atoms with van der Waals surface area (Å²) in [6.45, 7) is 9.15. The molecule has 1 aromatic carbocycles. The fraction of sp³-hybridized carbons (Fsp3) is 0.571. The van der Waals surface area contributed by atoms with E-state index in [1.165, 1.54) is 0 Å². The molecule has 2 aliphatic rings. The molecular formula is C21H29BN2O4. The highest BCUT2D eigenvalue weighted by molar-refractivity contribution is 6.61. The molecule has 1 saturated carbocycles. The molecule has 1 aromatic heterocycles. The molecule has 28 heavy (non-hydrogen) atoms. The molecule has 1 saturated heterocycles. The maximum atomic E-state index is 10.8. The Morgan fingerprint density at radius 2 is 1.79 bits per heavy atom. The van der Waals surface area contributed by atoms with Gasteiger partial charge < -0.3 is 19.2 Å². The molecule has 2 heterocycles. The van der Waals surface area contributed by atoms with Gasteiger partial charge in [-0.15, -0.1) is 0 Å². The van der Waals surface area contributed by atoms with Crippen molar-refractivity contribution in [3.05, 3.63) is 48.3 Å². The number of hydrogen-bond donors (Lipinski definition) is 1. The lowest BCUT2D eigenvalue weighted by atomic mass is 9.77. The Kier molecular flexibility index (Phi) is 4.90. The van der Waals surface area contributed by atoms with E-state index in [0.717, 1.165) is 11.0 Å². The van der Waals surface area contributed by atoms with Crippen molar-refractivity contribution in [3.63, 3.8) is 0 Å². The van der Waals surface area contributed by atoms with Crippen LogP contribution in [-0.4, -0.2) is 44.9 Å². The van der Waals surface area contributed by atoms with E-state index in [1.54, 1.807) is 10.9 Å². The summed E-state index contributed by atoms with van der Waals surface area (Å²) in [4.78, 5) is 0. The molecule has 4 rings (SSSR count). The van der Waals surface area contributed by atoms with Crippen LogP contribution in [0.15, 0.2) is 42.7 Å². The number of rotatable bonds is 6. The first-order valence-electron chi connectivity index (χ1n) is 9.92. The topological polar surface area (TPSA) is 65.7 Å². The zero-order chi connectivity index (χ0) is 20.0. The van der Waals surface area contributed by atoms with Gasteiger partial charge in [0, 0.05) is 30.7 Å². The van der Waals surface area contributed by atoms with Gasteiger partial charge in [-0.05, 0) is 33.3 Å². The van der Waals surface area contributed by atoms with Crippen LogP contribution in [0.5, 0.6) is 0 Å². The summed E-state index contributed by atoms with van der Waals surface area (Å²) in [6.07, 6.45) is 4.98. The fourth-order valence-corrected chi connectivity index (χ4v) is 3.69. The highest BCUT2D eigenvalue weighted by Gasteiger charge is 2.52. The smallest absolute Gasteiger partial charge is 0.399 e. The minimum absolute atomic E-state index is 0.0864. The van der Waals surface area contributed by atoms with Crippen molar-refractivity contribution < 1.29 is 19.2 Å². The molecule has 1 N–H and O–H groups in total. The minimum atomic E-state index is -0.777. The highest BCUT2D eigenvalue weighted by atomic mass is 16.7. The first-order chi connectivity index (χ1) is 13.2. The van der Waals surface area contributed by atoms with E-state index in [1.807, 2.05) is 64.2 Å². The van der Waals surface area contributed by atoms with Crippen LogP contribution in [0.4, 0.5) is 0 Å². The van der Waals surface area contributed by atoms with E-state index in [0.29, 0.717) is 26.0 Å². The van der Waals surface area contributed by atoms with Gasteiger partial charge >= 0.3 is 7.12 Å². The summed E-state index contributed by atoms with van der Waals surface area (Å²) in [6, 6.07) is 10.1. The Bertz CT molecular complexity index is 799. The Balaban J connectivity index is 1.29. The van der Waals surface area contributed by atoms with Crippen molar-refractivity contribution in [2.45, 2.75) is 76.6 Å². The van der Waals surface area contributed by atoms with Crippen LogP contribution in [0, 0.1) is 0 Å². The molecule has 0 amide bonds. The van der Waals surface area contributed by atoms with Gasteiger partial charge in [0.05, 0.1) is 36.1 Å². The summed E-state index contributed by atoms with van der Waals surface area (Å²) in [5.41, 5.74) is 0.487. The summed E-state index contributed by atoms with van der Waals surface area (Å²) in [5, 5.41) is 15.2. The lowest BCUT2D eigenvalue weighted by Gasteiger charge is -2.43. The molecule has 150 valence electrons. The second-order valence-electron chi connectivity index (χ2n) is 9.11. The molecule has 1 aliphatic carbocycles. The molecular weight excluding hydrogens is 355 g/mol. The van der Waals surface area contributed by atoms with Gasteiger partial charge in [-0.3, -0.25) is 4.68 Å². The van der Waals surface area contributed by atoms with Crippen molar-refractivity contribution in [1.82, 2.24) is 9.78 Å². The second-order valence-corrected chi connectivity index (χ2v) is 9.11. The van der Waals surface area contributed by atoms with E-state index in [2.05, 4.69) is 5.10 Å². The average Bonchev–Trinajstić information content (AvgIpc) is 3.14. The number of aromatic nitrogens is 2. The minimum Gasteiger partial charge on any atom is -0.399 e. The molecule has 0 unspecified atom stereocenters. The number of nitrogens with zero attached hydrogens (tertiary/aromatic N) is 2. The van der Waals surface area contributed by atoms with Crippen LogP contribution in [0.3, 0.4) is 0 Å². The van der Waals surface area contributed by atoms with Gasteiger partial charge in [0.15, 0.2) is 0 Å². The largest absolute Gasteiger partial charge is 0.498 e. The SMILES string of the molecule is CC1(C)OB(c2cnn(C[C@]3(O)C[C@@H](OCc4ccccc4)C3)c2)OC1(C)C. The van der Waals surface area contributed by atoms with Crippen LogP contribution in [0.2, 0.25) is 0 Å². The Morgan fingerprint density at radius 3 is 2.43 bits per heavy atom. The zero-order valence-corrected chi connectivity index (χ0v) is 17.1. The molecule has 2 fully saturated rings. The summed E-state index contributed by atoms with van der Waals surface area (Å²) < 4.78 is 19.8. The van der Waals surface area contributed by atoms with E-state index in [4.69, 9.17) is 14.0 Å². The fourth-order valence-electron chi connectivity index (χ4n) is 3.69. The van der Waals surface area contributed by atoms with Crippen LogP contribution in [0.25, 0.3) is 0 Å². The lowest BCUT2D eigenvalue weighted by molar-refractivity contribution is -0.152. The maximum absolute atomic E-state index is 10.8. The molecule has 2 aromatic rings. The van der Waals surface area contributed by atoms with Crippen molar-refractivity contribution in [2.75, 3.05) is 0 Å². The van der Waals surface area contributed by atoms with E-state index >= 15 is 0 Å². The van der Waals surface area contributed by atoms with E-state index in [-0.39, 0.29) is 17.3 Å². The summed E-state index contributed by atoms with van der Waals surface area (Å²) in [5.74, 6) is 0. The second kappa shape index (κ2) is 6.99. The first kappa shape index (κ1) is 19.6. The van der Waals surface area contributed by atoms with Crippen molar-refractivity contribution in [1.29, 1.82) is 0 Å². The maximum Gasteiger partial charge on any atom is 0.498 e. The van der Waals surface area contributed by atoms with Gasteiger partial charge in [-0.25, -0.2) is 0 Å². The molecule has 0 atom stereocenters. The quantitative estimate of drug-likeness (QED) is 0.775. The standard InChI is InChI=1S/C21H29BN2O4/c1-19(2)20(3,4)28-22(27-19)17-12-23-24(13-17)15-21(25)10-18(11-21)26-14-16-8-6-5-7-9-16/h5-9,12-13,18,25H,10-11,14-15H2,1-4H3/t18-,21+. The number of hydrogen-bond acceptors (Lipinski definition) is 5. The van der Waals surface area contributed by atoms with Crippen LogP contribution in [-0.2, 0) is 27.2 Å². The molecule has 0 spiro atoms. The van der Waals surface area contributed by atoms with E-state index in [9.17, 15) is 5.11 Å². The van der Waals surface area contributed by atoms with E-state index < -0.39 is 12.7 Å². The van der Waals surface area contributed by atoms with Gasteiger partial charge in [-0.1, -0.05) is 30.3 Å². The van der Waals surface area contributed by atoms with Crippen LogP contribution in [0.1, 0.15) is 46.1 Å². The normalized spacial score (nSPS) is 28.3. The predicted octanol–water partition coefficient (Wildman–Crippen LogP) is 2.29. The molecule has 1 aliphatic heterocycles. The van der Waals surface area contributed by atoms with Gasteiger partial charge in [0.1, 0.15) is 0 Å². The number of aliphatic hydroxyl groups is 1.